The molecule has 0 saturated heterocycles. The number of hydrogen-bond acceptors (Lipinski definition) is 9. The zero-order chi connectivity index (χ0) is 23.2. The van der Waals surface area contributed by atoms with Gasteiger partial charge in [-0.3, -0.25) is 19.7 Å². The van der Waals surface area contributed by atoms with Crippen LogP contribution in [0.25, 0.3) is 34.3 Å². The Labute approximate surface area is 194 Å². The van der Waals surface area contributed by atoms with Crippen LogP contribution in [0, 0.1) is 0 Å². The van der Waals surface area contributed by atoms with Gasteiger partial charge in [-0.15, -0.1) is 0 Å². The van der Waals surface area contributed by atoms with E-state index < -0.39 is 0 Å². The number of hydrogen-bond donors (Lipinski definition) is 1. The van der Waals surface area contributed by atoms with Gasteiger partial charge in [-0.05, 0) is 36.4 Å². The molecule has 10 heteroatoms. The number of rotatable bonds is 7. The van der Waals surface area contributed by atoms with Gasteiger partial charge in [0.15, 0.2) is 5.82 Å². The van der Waals surface area contributed by atoms with Gasteiger partial charge in [0.2, 0.25) is 17.6 Å². The number of carbonyl (C=O) groups is 1. The average Bonchev–Trinajstić information content (AvgIpc) is 3.38. The van der Waals surface area contributed by atoms with Crippen LogP contribution in [0.2, 0.25) is 0 Å². The van der Waals surface area contributed by atoms with Crippen LogP contribution in [-0.4, -0.2) is 41.0 Å². The minimum absolute atomic E-state index is 0.134. The lowest BCUT2D eigenvalue weighted by Gasteiger charge is -2.09. The maximum Gasteiger partial charge on any atom is 0.227 e. The Kier molecular flexibility index (Phi) is 6.02. The lowest BCUT2D eigenvalue weighted by atomic mass is 10.2. The van der Waals surface area contributed by atoms with E-state index in [1.807, 2.05) is 36.4 Å². The number of nitrogens with zero attached hydrogens (tertiary/aromatic N) is 7. The lowest BCUT2D eigenvalue weighted by Crippen LogP contribution is -2.14. The predicted octanol–water partition coefficient (Wildman–Crippen LogP) is 3.62. The van der Waals surface area contributed by atoms with Gasteiger partial charge in [-0.2, -0.15) is 4.98 Å². The molecule has 5 heterocycles. The third-order valence-corrected chi connectivity index (χ3v) is 4.77. The van der Waals surface area contributed by atoms with E-state index in [1.54, 1.807) is 43.0 Å². The molecule has 166 valence electrons. The fraction of sp³-hybridized carbons (Fsp3) is 0.0833. The monoisotopic (exact) mass is 450 g/mol. The highest BCUT2D eigenvalue weighted by Gasteiger charge is 2.14. The summed E-state index contributed by atoms with van der Waals surface area (Å²) in [5.74, 6) is 1.24. The molecule has 0 aromatic carbocycles. The van der Waals surface area contributed by atoms with Gasteiger partial charge in [-0.1, -0.05) is 17.3 Å². The number of anilines is 1. The molecule has 0 saturated carbocycles. The zero-order valence-corrected chi connectivity index (χ0v) is 17.9. The summed E-state index contributed by atoms with van der Waals surface area (Å²) in [5, 5.41) is 6.76. The summed E-state index contributed by atoms with van der Waals surface area (Å²) in [6, 6.07) is 16.3. The predicted molar refractivity (Wildman–Crippen MR) is 123 cm³/mol. The van der Waals surface area contributed by atoms with Gasteiger partial charge in [-0.25, -0.2) is 9.97 Å². The summed E-state index contributed by atoms with van der Waals surface area (Å²) in [6.45, 7) is 0. The number of aryl methyl sites for hydroxylation is 1. The van der Waals surface area contributed by atoms with Crippen molar-refractivity contribution in [1.29, 1.82) is 0 Å². The summed E-state index contributed by atoms with van der Waals surface area (Å²) in [5.41, 5.74) is 2.62. The second-order valence-corrected chi connectivity index (χ2v) is 7.19. The molecule has 0 bridgehead atoms. The van der Waals surface area contributed by atoms with Gasteiger partial charge in [0.1, 0.15) is 17.2 Å². The Bertz CT molecular complexity index is 1330. The second kappa shape index (κ2) is 9.74. The average molecular weight is 450 g/mol. The van der Waals surface area contributed by atoms with Gasteiger partial charge in [0.05, 0.1) is 5.69 Å². The molecule has 0 spiro atoms. The van der Waals surface area contributed by atoms with Crippen LogP contribution in [0.4, 0.5) is 5.82 Å². The molecule has 10 nitrogen and oxygen atoms in total. The van der Waals surface area contributed by atoms with Crippen molar-refractivity contribution < 1.29 is 9.32 Å². The van der Waals surface area contributed by atoms with Crippen molar-refractivity contribution in [2.24, 2.45) is 0 Å². The molecule has 0 fully saturated rings. The maximum atomic E-state index is 12.7. The van der Waals surface area contributed by atoms with E-state index in [9.17, 15) is 4.79 Å². The third kappa shape index (κ3) is 4.96. The van der Waals surface area contributed by atoms with Crippen molar-refractivity contribution in [3.05, 3.63) is 85.3 Å². The number of pyridine rings is 3. The first kappa shape index (κ1) is 21.0. The number of amides is 1. The smallest absolute Gasteiger partial charge is 0.227 e. The first-order valence-electron chi connectivity index (χ1n) is 10.5. The second-order valence-electron chi connectivity index (χ2n) is 7.19. The molecule has 1 N–H and O–H groups in total. The Morgan fingerprint density at radius 1 is 0.824 bits per heavy atom. The molecule has 0 atom stereocenters. The molecule has 0 aliphatic rings. The highest BCUT2D eigenvalue weighted by molar-refractivity contribution is 5.90. The highest BCUT2D eigenvalue weighted by Crippen LogP contribution is 2.23. The van der Waals surface area contributed by atoms with E-state index in [4.69, 9.17) is 4.52 Å². The van der Waals surface area contributed by atoms with Crippen LogP contribution in [-0.2, 0) is 11.2 Å². The summed E-state index contributed by atoms with van der Waals surface area (Å²) in [6.07, 6.45) is 7.11. The van der Waals surface area contributed by atoms with Crippen molar-refractivity contribution in [3.8, 4) is 34.3 Å². The molecule has 5 rings (SSSR count). The molecule has 1 amide bonds. The standard InChI is InChI=1S/C24H18N8O2/c33-21(9-10-22-31-24(32-34-22)18-8-2-4-13-27-18)29-20-14-19(16-6-5-11-25-15-16)28-23(30-20)17-7-1-3-12-26-17/h1-8,11-15H,9-10H2,(H,28,29,30,33). The summed E-state index contributed by atoms with van der Waals surface area (Å²) in [7, 11) is 0. The van der Waals surface area contributed by atoms with Crippen LogP contribution in [0.1, 0.15) is 12.3 Å². The van der Waals surface area contributed by atoms with Crippen molar-refractivity contribution in [1.82, 2.24) is 35.1 Å². The van der Waals surface area contributed by atoms with E-state index in [2.05, 4.69) is 40.4 Å². The Balaban J connectivity index is 1.32. The van der Waals surface area contributed by atoms with Crippen LogP contribution in [0.15, 0.2) is 83.9 Å². The van der Waals surface area contributed by atoms with Crippen LogP contribution >= 0.6 is 0 Å². The molecular formula is C24H18N8O2. The molecule has 0 aliphatic carbocycles. The Morgan fingerprint density at radius 2 is 1.62 bits per heavy atom. The number of carbonyl (C=O) groups excluding carboxylic acids is 1. The summed E-state index contributed by atoms with van der Waals surface area (Å²) < 4.78 is 5.25. The van der Waals surface area contributed by atoms with E-state index in [0.29, 0.717) is 40.4 Å². The van der Waals surface area contributed by atoms with Gasteiger partial charge in [0.25, 0.3) is 0 Å². The fourth-order valence-electron chi connectivity index (χ4n) is 3.16. The number of aromatic nitrogens is 7. The SMILES string of the molecule is O=C(CCc1nc(-c2ccccn2)no1)Nc1cc(-c2cccnc2)nc(-c2ccccn2)n1. The van der Waals surface area contributed by atoms with Gasteiger partial charge in [0, 0.05) is 49.3 Å². The van der Waals surface area contributed by atoms with Crippen molar-refractivity contribution in [3.63, 3.8) is 0 Å². The normalized spacial score (nSPS) is 10.7. The molecular weight excluding hydrogens is 432 g/mol. The largest absolute Gasteiger partial charge is 0.339 e. The zero-order valence-electron chi connectivity index (χ0n) is 17.9. The van der Waals surface area contributed by atoms with E-state index in [0.717, 1.165) is 5.56 Å². The molecule has 5 aromatic heterocycles. The van der Waals surface area contributed by atoms with E-state index in [1.165, 1.54) is 0 Å². The number of nitrogens with one attached hydrogen (secondary N) is 1. The molecule has 34 heavy (non-hydrogen) atoms. The van der Waals surface area contributed by atoms with Crippen molar-refractivity contribution in [2.75, 3.05) is 5.32 Å². The maximum absolute atomic E-state index is 12.7. The molecule has 0 radical (unpaired) electrons. The minimum Gasteiger partial charge on any atom is -0.339 e. The van der Waals surface area contributed by atoms with Crippen LogP contribution in [0.3, 0.4) is 0 Å². The lowest BCUT2D eigenvalue weighted by molar-refractivity contribution is -0.116. The molecule has 0 unspecified atom stereocenters. The molecule has 5 aromatic rings. The highest BCUT2D eigenvalue weighted by atomic mass is 16.5. The fourth-order valence-corrected chi connectivity index (χ4v) is 3.16. The summed E-state index contributed by atoms with van der Waals surface area (Å²) in [4.78, 5) is 38.7. The third-order valence-electron chi connectivity index (χ3n) is 4.77. The quantitative estimate of drug-likeness (QED) is 0.395. The van der Waals surface area contributed by atoms with Crippen LogP contribution in [0.5, 0.6) is 0 Å². The van der Waals surface area contributed by atoms with Crippen molar-refractivity contribution in [2.45, 2.75) is 12.8 Å². The molecule has 0 aliphatic heterocycles. The van der Waals surface area contributed by atoms with Crippen molar-refractivity contribution >= 4 is 11.7 Å². The minimum atomic E-state index is -0.250. The van der Waals surface area contributed by atoms with Gasteiger partial charge >= 0.3 is 0 Å². The van der Waals surface area contributed by atoms with E-state index in [-0.39, 0.29) is 18.7 Å². The summed E-state index contributed by atoms with van der Waals surface area (Å²) >= 11 is 0. The Hall–Kier alpha value is -4.86. The Morgan fingerprint density at radius 3 is 2.32 bits per heavy atom. The first-order chi connectivity index (χ1) is 16.7. The van der Waals surface area contributed by atoms with Gasteiger partial charge < -0.3 is 9.84 Å². The van der Waals surface area contributed by atoms with Crippen LogP contribution < -0.4 is 5.32 Å². The topological polar surface area (TPSA) is 132 Å². The first-order valence-corrected chi connectivity index (χ1v) is 10.5. The van der Waals surface area contributed by atoms with E-state index >= 15 is 0 Å².